The van der Waals surface area contributed by atoms with Gasteiger partial charge in [-0.15, -0.1) is 0 Å². The van der Waals surface area contributed by atoms with Gasteiger partial charge in [0, 0.05) is 75.8 Å². The summed E-state index contributed by atoms with van der Waals surface area (Å²) >= 11 is 6.00. The smallest absolute Gasteiger partial charge is 0.263 e. The number of anilines is 1. The molecule has 4 rings (SSSR count). The minimum Gasteiger partial charge on any atom is -0.369 e. The zero-order chi connectivity index (χ0) is 25.7. The number of piperazine rings is 2. The summed E-state index contributed by atoms with van der Waals surface area (Å²) in [5, 5.41) is 4.96. The molecule has 0 aliphatic carbocycles. The van der Waals surface area contributed by atoms with E-state index in [9.17, 15) is 13.2 Å². The van der Waals surface area contributed by atoms with E-state index in [1.165, 1.54) is 4.31 Å². The van der Waals surface area contributed by atoms with Crippen molar-refractivity contribution >= 4 is 33.2 Å². The molecule has 0 bridgehead atoms. The molecule has 2 aliphatic rings. The van der Waals surface area contributed by atoms with Crippen molar-refractivity contribution < 1.29 is 13.2 Å². The minimum atomic E-state index is -3.91. The third kappa shape index (κ3) is 6.04. The number of aromatic nitrogens is 2. The Kier molecular flexibility index (Phi) is 8.92. The highest BCUT2D eigenvalue weighted by Gasteiger charge is 2.36. The van der Waals surface area contributed by atoms with Crippen LogP contribution in [0, 0.1) is 0 Å². The number of hydrogen-bond donors (Lipinski definition) is 0. The second-order valence-electron chi connectivity index (χ2n) is 9.47. The number of hydrogen-bond acceptors (Lipinski definition) is 6. The summed E-state index contributed by atoms with van der Waals surface area (Å²) in [4.78, 5) is 19.8. The molecule has 2 saturated heterocycles. The minimum absolute atomic E-state index is 0.116. The maximum absolute atomic E-state index is 13.7. The fourth-order valence-electron chi connectivity index (χ4n) is 4.77. The van der Waals surface area contributed by atoms with Crippen LogP contribution in [0.4, 0.5) is 5.69 Å². The lowest BCUT2D eigenvalue weighted by molar-refractivity contribution is 0.0631. The number of sulfonamides is 1. The molecule has 2 aliphatic heterocycles. The van der Waals surface area contributed by atoms with Crippen molar-refractivity contribution in [1.29, 1.82) is 0 Å². The van der Waals surface area contributed by atoms with Gasteiger partial charge in [-0.05, 0) is 43.7 Å². The highest BCUT2D eigenvalue weighted by atomic mass is 35.5. The summed E-state index contributed by atoms with van der Waals surface area (Å²) < 4.78 is 30.5. The van der Waals surface area contributed by atoms with E-state index in [0.29, 0.717) is 50.8 Å². The normalized spacial score (nSPS) is 18.1. The molecule has 0 radical (unpaired) electrons. The van der Waals surface area contributed by atoms with Crippen molar-refractivity contribution in [3.8, 4) is 0 Å². The number of unbranched alkanes of at least 4 members (excludes halogenated alkanes) is 1. The van der Waals surface area contributed by atoms with Gasteiger partial charge in [0.05, 0.1) is 5.56 Å². The molecule has 1 amide bonds. The Morgan fingerprint density at radius 1 is 0.917 bits per heavy atom. The van der Waals surface area contributed by atoms with Crippen molar-refractivity contribution in [1.82, 2.24) is 23.9 Å². The van der Waals surface area contributed by atoms with Crippen LogP contribution >= 0.6 is 11.6 Å². The molecule has 0 atom stereocenters. The number of aryl methyl sites for hydroxylation is 1. The van der Waals surface area contributed by atoms with E-state index in [1.807, 2.05) is 31.2 Å². The fraction of sp³-hybridized carbons (Fsp3) is 0.600. The maximum Gasteiger partial charge on any atom is 0.263 e. The standard InChI is InChI=1S/C25H37ClN6O3S/c1-3-5-11-28-12-14-30(15-13-28)25(33)23-20-31(10-4-2)27-24(23)36(34,35)32-18-16-29(17-19-32)22-8-6-21(26)7-9-22/h6-9,20H,3-5,10-19H2,1-2H3. The number of nitrogens with zero attached hydrogens (tertiary/aromatic N) is 6. The predicted octanol–water partition coefficient (Wildman–Crippen LogP) is 3.02. The van der Waals surface area contributed by atoms with Crippen LogP contribution in [0.15, 0.2) is 35.5 Å². The summed E-state index contributed by atoms with van der Waals surface area (Å²) in [6, 6.07) is 7.55. The lowest BCUT2D eigenvalue weighted by atomic mass is 10.2. The summed E-state index contributed by atoms with van der Waals surface area (Å²) in [5.74, 6) is -0.245. The highest BCUT2D eigenvalue weighted by Crippen LogP contribution is 2.25. The van der Waals surface area contributed by atoms with Crippen molar-refractivity contribution in [2.75, 3.05) is 63.8 Å². The number of rotatable bonds is 9. The number of carbonyl (C=O) groups is 1. The number of amides is 1. The van der Waals surface area contributed by atoms with Gasteiger partial charge in [0.1, 0.15) is 0 Å². The van der Waals surface area contributed by atoms with E-state index in [0.717, 1.165) is 44.6 Å². The topological polar surface area (TPSA) is 82.0 Å². The molecular weight excluding hydrogens is 500 g/mol. The van der Waals surface area contributed by atoms with Gasteiger partial charge in [0.25, 0.3) is 15.9 Å². The van der Waals surface area contributed by atoms with Crippen molar-refractivity contribution in [2.24, 2.45) is 0 Å². The van der Waals surface area contributed by atoms with Crippen LogP contribution in [-0.2, 0) is 16.6 Å². The summed E-state index contributed by atoms with van der Waals surface area (Å²) in [6.07, 6.45) is 4.70. The van der Waals surface area contributed by atoms with Gasteiger partial charge in [0.2, 0.25) is 5.03 Å². The zero-order valence-corrected chi connectivity index (χ0v) is 22.8. The molecule has 0 N–H and O–H groups in total. The molecule has 198 valence electrons. The average Bonchev–Trinajstić information content (AvgIpc) is 3.33. The van der Waals surface area contributed by atoms with Crippen molar-refractivity contribution in [2.45, 2.75) is 44.7 Å². The van der Waals surface area contributed by atoms with E-state index in [-0.39, 0.29) is 16.5 Å². The maximum atomic E-state index is 13.7. The molecule has 3 heterocycles. The Hall–Kier alpha value is -2.14. The van der Waals surface area contributed by atoms with Crippen molar-refractivity contribution in [3.63, 3.8) is 0 Å². The molecule has 1 aromatic carbocycles. The van der Waals surface area contributed by atoms with Gasteiger partial charge in [-0.25, -0.2) is 8.42 Å². The third-order valence-electron chi connectivity index (χ3n) is 6.91. The monoisotopic (exact) mass is 536 g/mol. The Morgan fingerprint density at radius 2 is 1.58 bits per heavy atom. The highest BCUT2D eigenvalue weighted by molar-refractivity contribution is 7.89. The first-order chi connectivity index (χ1) is 17.3. The van der Waals surface area contributed by atoms with E-state index >= 15 is 0 Å². The SMILES string of the molecule is CCCCN1CCN(C(=O)c2cn(CCC)nc2S(=O)(=O)N2CCN(c3ccc(Cl)cc3)CC2)CC1. The fourth-order valence-corrected chi connectivity index (χ4v) is 6.41. The first-order valence-corrected chi connectivity index (χ1v) is 14.7. The van der Waals surface area contributed by atoms with Crippen LogP contribution in [0.2, 0.25) is 5.02 Å². The van der Waals surface area contributed by atoms with E-state index in [1.54, 1.807) is 15.8 Å². The third-order valence-corrected chi connectivity index (χ3v) is 9.00. The Balaban J connectivity index is 1.49. The van der Waals surface area contributed by atoms with Gasteiger partial charge >= 0.3 is 0 Å². The van der Waals surface area contributed by atoms with Gasteiger partial charge in [-0.3, -0.25) is 14.4 Å². The van der Waals surface area contributed by atoms with Gasteiger partial charge in [0.15, 0.2) is 0 Å². The Morgan fingerprint density at radius 3 is 2.19 bits per heavy atom. The molecular formula is C25H37ClN6O3S. The average molecular weight is 537 g/mol. The predicted molar refractivity (Wildman–Crippen MR) is 142 cm³/mol. The second kappa shape index (κ2) is 11.9. The zero-order valence-electron chi connectivity index (χ0n) is 21.3. The van der Waals surface area contributed by atoms with Gasteiger partial charge in [-0.2, -0.15) is 9.40 Å². The first-order valence-electron chi connectivity index (χ1n) is 12.9. The molecule has 2 aromatic rings. The summed E-state index contributed by atoms with van der Waals surface area (Å²) in [5.41, 5.74) is 1.20. The van der Waals surface area contributed by atoms with Crippen LogP contribution < -0.4 is 4.90 Å². The second-order valence-corrected chi connectivity index (χ2v) is 11.8. The van der Waals surface area contributed by atoms with Crippen molar-refractivity contribution in [3.05, 3.63) is 41.0 Å². The lowest BCUT2D eigenvalue weighted by Gasteiger charge is -2.36. The van der Waals surface area contributed by atoms with E-state index in [2.05, 4.69) is 21.8 Å². The number of halogens is 1. The summed E-state index contributed by atoms with van der Waals surface area (Å²) in [7, 11) is -3.91. The molecule has 0 saturated carbocycles. The molecule has 2 fully saturated rings. The molecule has 1 aromatic heterocycles. The first kappa shape index (κ1) is 26.9. The largest absolute Gasteiger partial charge is 0.369 e. The molecule has 0 spiro atoms. The van der Waals surface area contributed by atoms with Gasteiger partial charge < -0.3 is 9.80 Å². The molecule has 9 nitrogen and oxygen atoms in total. The van der Waals surface area contributed by atoms with E-state index in [4.69, 9.17) is 11.6 Å². The van der Waals surface area contributed by atoms with E-state index < -0.39 is 10.0 Å². The lowest BCUT2D eigenvalue weighted by Crippen LogP contribution is -2.50. The van der Waals surface area contributed by atoms with Crippen LogP contribution in [0.25, 0.3) is 0 Å². The molecule has 11 heteroatoms. The number of benzene rings is 1. The van der Waals surface area contributed by atoms with Crippen LogP contribution in [0.3, 0.4) is 0 Å². The van der Waals surface area contributed by atoms with Crippen LogP contribution in [-0.4, -0.2) is 97.1 Å². The van der Waals surface area contributed by atoms with Crippen LogP contribution in [0.5, 0.6) is 0 Å². The summed E-state index contributed by atoms with van der Waals surface area (Å²) in [6.45, 7) is 10.4. The molecule has 0 unspecified atom stereocenters. The quantitative estimate of drug-likeness (QED) is 0.490. The number of carbonyl (C=O) groups excluding carboxylic acids is 1. The Labute approximate surface area is 219 Å². The van der Waals surface area contributed by atoms with Crippen LogP contribution in [0.1, 0.15) is 43.5 Å². The van der Waals surface area contributed by atoms with Gasteiger partial charge in [-0.1, -0.05) is 31.9 Å². The molecule has 36 heavy (non-hydrogen) atoms. The Bertz CT molecular complexity index is 1120.